The topological polar surface area (TPSA) is 153 Å². The van der Waals surface area contributed by atoms with E-state index in [4.69, 9.17) is 17.4 Å². The summed E-state index contributed by atoms with van der Waals surface area (Å²) in [7, 11) is 0. The van der Waals surface area contributed by atoms with Gasteiger partial charge >= 0.3 is 0 Å². The first-order valence-corrected chi connectivity index (χ1v) is 9.71. The van der Waals surface area contributed by atoms with Crippen LogP contribution in [0, 0.1) is 10.1 Å². The van der Waals surface area contributed by atoms with Gasteiger partial charge in [0, 0.05) is 28.4 Å². The maximum absolute atomic E-state index is 12.1. The lowest BCUT2D eigenvalue weighted by molar-refractivity contribution is -0.384. The van der Waals surface area contributed by atoms with E-state index in [0.717, 1.165) is 16.4 Å². The summed E-state index contributed by atoms with van der Waals surface area (Å²) in [6.45, 7) is 0. The number of non-ortho nitro benzene ring substituents is 1. The van der Waals surface area contributed by atoms with E-state index in [-0.39, 0.29) is 23.3 Å². The second-order valence-electron chi connectivity index (χ2n) is 5.71. The standard InChI is InChI=1S/C17H15ClN8O3S/c18-14-4-2-1-3-11(14)9-20-22-16-23-24-17(25(16)19)30-10-15(27)21-12-5-7-13(8-6-12)26(28)29/h1-9H,10,19H2,(H,21,27)(H,22,23)/b20-9+. The van der Waals surface area contributed by atoms with Gasteiger partial charge < -0.3 is 11.2 Å². The molecule has 154 valence electrons. The molecule has 0 atom stereocenters. The van der Waals surface area contributed by atoms with E-state index in [1.54, 1.807) is 12.1 Å². The number of hydrogen-bond donors (Lipinski definition) is 3. The summed E-state index contributed by atoms with van der Waals surface area (Å²) in [6.07, 6.45) is 1.52. The van der Waals surface area contributed by atoms with E-state index in [2.05, 4.69) is 26.0 Å². The number of nitro benzene ring substituents is 1. The van der Waals surface area contributed by atoms with Crippen LogP contribution in [0.15, 0.2) is 58.8 Å². The molecule has 2 aromatic carbocycles. The van der Waals surface area contributed by atoms with Crippen LogP contribution in [0.1, 0.15) is 5.56 Å². The Kier molecular flexibility index (Phi) is 6.83. The Morgan fingerprint density at radius 3 is 2.70 bits per heavy atom. The Bertz CT molecular complexity index is 1090. The van der Waals surface area contributed by atoms with Crippen molar-refractivity contribution in [3.05, 3.63) is 69.2 Å². The highest BCUT2D eigenvalue weighted by Gasteiger charge is 2.12. The number of nitrogens with two attached hydrogens (primary N) is 1. The summed E-state index contributed by atoms with van der Waals surface area (Å²) in [5.41, 5.74) is 3.75. The Balaban J connectivity index is 1.52. The molecule has 3 rings (SSSR count). The van der Waals surface area contributed by atoms with Gasteiger partial charge in [-0.1, -0.05) is 41.6 Å². The number of benzene rings is 2. The highest BCUT2D eigenvalue weighted by atomic mass is 35.5. The fourth-order valence-corrected chi connectivity index (χ4v) is 3.03. The predicted octanol–water partition coefficient (Wildman–Crippen LogP) is 2.73. The average Bonchev–Trinajstić information content (AvgIpc) is 3.08. The summed E-state index contributed by atoms with van der Waals surface area (Å²) < 4.78 is 1.16. The minimum Gasteiger partial charge on any atom is -0.334 e. The number of nitro groups is 1. The van der Waals surface area contributed by atoms with Crippen molar-refractivity contribution in [3.63, 3.8) is 0 Å². The number of anilines is 2. The van der Waals surface area contributed by atoms with Gasteiger partial charge in [0.2, 0.25) is 11.1 Å². The quantitative estimate of drug-likeness (QED) is 0.157. The third-order valence-corrected chi connectivity index (χ3v) is 4.92. The molecule has 0 saturated carbocycles. The maximum atomic E-state index is 12.1. The second kappa shape index (κ2) is 9.71. The molecule has 1 aromatic heterocycles. The molecule has 0 unspecified atom stereocenters. The van der Waals surface area contributed by atoms with Crippen molar-refractivity contribution in [2.75, 3.05) is 22.3 Å². The third kappa shape index (κ3) is 5.46. The van der Waals surface area contributed by atoms with Gasteiger partial charge in [0.25, 0.3) is 11.6 Å². The molecule has 0 radical (unpaired) electrons. The Labute approximate surface area is 179 Å². The Hall–Kier alpha value is -3.64. The fraction of sp³-hybridized carbons (Fsp3) is 0.0588. The van der Waals surface area contributed by atoms with Gasteiger partial charge in [-0.2, -0.15) is 5.10 Å². The van der Waals surface area contributed by atoms with Crippen LogP contribution in [-0.4, -0.2) is 37.7 Å². The Morgan fingerprint density at radius 2 is 2.00 bits per heavy atom. The van der Waals surface area contributed by atoms with E-state index < -0.39 is 4.92 Å². The van der Waals surface area contributed by atoms with Crippen molar-refractivity contribution in [3.8, 4) is 0 Å². The molecule has 0 fully saturated rings. The average molecular weight is 447 g/mol. The maximum Gasteiger partial charge on any atom is 0.269 e. The summed E-state index contributed by atoms with van der Waals surface area (Å²) in [5.74, 6) is 5.77. The fourth-order valence-electron chi connectivity index (χ4n) is 2.18. The number of thioether (sulfide) groups is 1. The van der Waals surface area contributed by atoms with Gasteiger partial charge in [-0.15, -0.1) is 10.2 Å². The number of hydrogen-bond acceptors (Lipinski definition) is 9. The smallest absolute Gasteiger partial charge is 0.269 e. The van der Waals surface area contributed by atoms with Gasteiger partial charge in [0.1, 0.15) is 0 Å². The lowest BCUT2D eigenvalue weighted by Gasteiger charge is -2.05. The minimum absolute atomic E-state index is 0.00914. The van der Waals surface area contributed by atoms with Gasteiger partial charge in [-0.05, 0) is 18.2 Å². The first-order valence-electron chi connectivity index (χ1n) is 8.35. The number of rotatable bonds is 8. The van der Waals surface area contributed by atoms with Crippen LogP contribution in [-0.2, 0) is 4.79 Å². The number of carbonyl (C=O) groups excluding carboxylic acids is 1. The Morgan fingerprint density at radius 1 is 1.27 bits per heavy atom. The van der Waals surface area contributed by atoms with Crippen LogP contribution in [0.3, 0.4) is 0 Å². The molecule has 11 nitrogen and oxygen atoms in total. The van der Waals surface area contributed by atoms with Gasteiger partial charge in [-0.25, -0.2) is 10.1 Å². The monoisotopic (exact) mass is 446 g/mol. The number of aromatic nitrogens is 3. The molecule has 13 heteroatoms. The number of carbonyl (C=O) groups is 1. The molecule has 1 amide bonds. The zero-order chi connectivity index (χ0) is 21.5. The first kappa shape index (κ1) is 21.1. The first-order chi connectivity index (χ1) is 14.4. The van der Waals surface area contributed by atoms with Gasteiger partial charge in [0.05, 0.1) is 16.9 Å². The van der Waals surface area contributed by atoms with Gasteiger partial charge in [-0.3, -0.25) is 14.9 Å². The number of amides is 1. The molecule has 0 saturated heterocycles. The van der Waals surface area contributed by atoms with E-state index in [1.807, 2.05) is 12.1 Å². The molecule has 0 aliphatic rings. The van der Waals surface area contributed by atoms with Crippen molar-refractivity contribution in [1.29, 1.82) is 0 Å². The van der Waals surface area contributed by atoms with Crippen LogP contribution in [0.5, 0.6) is 0 Å². The van der Waals surface area contributed by atoms with Crippen LogP contribution < -0.4 is 16.6 Å². The number of halogens is 1. The van der Waals surface area contributed by atoms with Crippen molar-refractivity contribution in [1.82, 2.24) is 14.9 Å². The predicted molar refractivity (Wildman–Crippen MR) is 115 cm³/mol. The molecule has 30 heavy (non-hydrogen) atoms. The molecule has 1 heterocycles. The van der Waals surface area contributed by atoms with Crippen molar-refractivity contribution in [2.45, 2.75) is 5.16 Å². The van der Waals surface area contributed by atoms with E-state index >= 15 is 0 Å². The minimum atomic E-state index is -0.514. The lowest BCUT2D eigenvalue weighted by atomic mass is 10.2. The molecule has 0 aliphatic heterocycles. The van der Waals surface area contributed by atoms with Crippen molar-refractivity contribution < 1.29 is 9.72 Å². The summed E-state index contributed by atoms with van der Waals surface area (Å²) in [5, 5.41) is 25.9. The molecular weight excluding hydrogens is 432 g/mol. The molecule has 0 bridgehead atoms. The summed E-state index contributed by atoms with van der Waals surface area (Å²) >= 11 is 7.11. The van der Waals surface area contributed by atoms with Crippen LogP contribution in [0.25, 0.3) is 0 Å². The lowest BCUT2D eigenvalue weighted by Crippen LogP contribution is -2.16. The van der Waals surface area contributed by atoms with Crippen molar-refractivity contribution in [2.24, 2.45) is 5.10 Å². The van der Waals surface area contributed by atoms with E-state index in [0.29, 0.717) is 21.4 Å². The van der Waals surface area contributed by atoms with E-state index in [9.17, 15) is 14.9 Å². The summed E-state index contributed by atoms with van der Waals surface area (Å²) in [4.78, 5) is 22.2. The highest BCUT2D eigenvalue weighted by Crippen LogP contribution is 2.19. The number of nitrogens with zero attached hydrogens (tertiary/aromatic N) is 5. The molecule has 0 spiro atoms. The molecule has 3 aromatic rings. The van der Waals surface area contributed by atoms with Crippen molar-refractivity contribution >= 4 is 52.8 Å². The van der Waals surface area contributed by atoms with Crippen LogP contribution >= 0.6 is 23.4 Å². The number of hydrazone groups is 1. The molecule has 0 aliphatic carbocycles. The normalized spacial score (nSPS) is 10.8. The SMILES string of the molecule is Nn1c(N/N=C/c2ccccc2Cl)nnc1SCC(=O)Nc1ccc([N+](=O)[O-])cc1. The van der Waals surface area contributed by atoms with E-state index in [1.165, 1.54) is 30.5 Å². The third-order valence-electron chi connectivity index (χ3n) is 3.63. The zero-order valence-electron chi connectivity index (χ0n) is 15.2. The van der Waals surface area contributed by atoms with Crippen LogP contribution in [0.4, 0.5) is 17.3 Å². The largest absolute Gasteiger partial charge is 0.334 e. The number of nitrogen functional groups attached to an aromatic ring is 1. The summed E-state index contributed by atoms with van der Waals surface area (Å²) in [6, 6.07) is 12.7. The zero-order valence-corrected chi connectivity index (χ0v) is 16.8. The van der Waals surface area contributed by atoms with Crippen LogP contribution in [0.2, 0.25) is 5.02 Å². The molecular formula is C17H15ClN8O3S. The number of nitrogens with one attached hydrogen (secondary N) is 2. The molecule has 4 N–H and O–H groups in total. The highest BCUT2D eigenvalue weighted by molar-refractivity contribution is 7.99. The second-order valence-corrected chi connectivity index (χ2v) is 7.06. The van der Waals surface area contributed by atoms with Gasteiger partial charge in [0.15, 0.2) is 0 Å².